The number of hydrogen-bond acceptors (Lipinski definition) is 3. The summed E-state index contributed by atoms with van der Waals surface area (Å²) >= 11 is 0. The van der Waals surface area contributed by atoms with Crippen molar-refractivity contribution in [1.82, 2.24) is 5.32 Å². The van der Waals surface area contributed by atoms with Crippen LogP contribution in [0.15, 0.2) is 60.7 Å². The van der Waals surface area contributed by atoms with Crippen molar-refractivity contribution in [1.29, 1.82) is 0 Å². The lowest BCUT2D eigenvalue weighted by Gasteiger charge is -2.04. The number of anilines is 1. The molecule has 2 aromatic carbocycles. The zero-order chi connectivity index (χ0) is 15.9. The molecule has 1 atom stereocenters. The van der Waals surface area contributed by atoms with E-state index < -0.39 is 12.2 Å². The van der Waals surface area contributed by atoms with Crippen LogP contribution in [0.2, 0.25) is 0 Å². The average molecular weight is 298 g/mol. The third-order valence-corrected chi connectivity index (χ3v) is 3.20. The highest BCUT2D eigenvalue weighted by Gasteiger charge is 2.21. The quantitative estimate of drug-likeness (QED) is 0.687. The zero-order valence-corrected chi connectivity index (χ0v) is 12.2. The van der Waals surface area contributed by atoms with Crippen LogP contribution < -0.4 is 10.6 Å². The molecule has 0 saturated heterocycles. The first kappa shape index (κ1) is 15.6. The maximum atomic E-state index is 10.4. The Bertz CT molecular complexity index is 669. The van der Waals surface area contributed by atoms with Crippen LogP contribution in [0, 0.1) is 0 Å². The van der Waals surface area contributed by atoms with Gasteiger partial charge in [0.2, 0.25) is 0 Å². The van der Waals surface area contributed by atoms with E-state index >= 15 is 0 Å². The van der Waals surface area contributed by atoms with Gasteiger partial charge in [-0.2, -0.15) is 0 Å². The largest absolute Gasteiger partial charge is 0.465 e. The SMILES string of the molecule is CNc1ccccc1.O=C(O)NC1=CC(O)c2ccccc21. The third kappa shape index (κ3) is 3.86. The molecule has 0 saturated carbocycles. The smallest absolute Gasteiger partial charge is 0.409 e. The van der Waals surface area contributed by atoms with E-state index in [0.717, 1.165) is 16.8 Å². The number of benzene rings is 2. The van der Waals surface area contributed by atoms with Crippen LogP contribution in [0.4, 0.5) is 10.5 Å². The van der Waals surface area contributed by atoms with Crippen molar-refractivity contribution in [2.24, 2.45) is 0 Å². The molecule has 0 radical (unpaired) electrons. The Balaban J connectivity index is 0.000000188. The molecular formula is C17H18N2O3. The van der Waals surface area contributed by atoms with E-state index in [9.17, 15) is 9.90 Å². The number of para-hydroxylation sites is 1. The average Bonchev–Trinajstić information content (AvgIpc) is 2.85. The van der Waals surface area contributed by atoms with E-state index in [1.165, 1.54) is 6.08 Å². The lowest BCUT2D eigenvalue weighted by molar-refractivity contribution is 0.199. The van der Waals surface area contributed by atoms with E-state index in [1.807, 2.05) is 37.4 Å². The van der Waals surface area contributed by atoms with Crippen molar-refractivity contribution in [2.75, 3.05) is 12.4 Å². The molecule has 5 nitrogen and oxygen atoms in total. The molecule has 1 amide bonds. The Hall–Kier alpha value is -2.79. The van der Waals surface area contributed by atoms with Gasteiger partial charge in [0.05, 0.1) is 5.70 Å². The van der Waals surface area contributed by atoms with Gasteiger partial charge in [0.1, 0.15) is 6.10 Å². The molecule has 2 aromatic rings. The van der Waals surface area contributed by atoms with Gasteiger partial charge < -0.3 is 15.5 Å². The highest BCUT2D eigenvalue weighted by molar-refractivity contribution is 5.84. The standard InChI is InChI=1S/C10H9NO3.C7H9N/c12-9-5-8(11-10(13)14)6-3-1-2-4-7(6)9;1-8-7-5-3-2-4-6-7/h1-5,9,11-12H,(H,13,14);2-6,8H,1H3. The van der Waals surface area contributed by atoms with Crippen LogP contribution in [0.25, 0.3) is 5.70 Å². The molecule has 22 heavy (non-hydrogen) atoms. The summed E-state index contributed by atoms with van der Waals surface area (Å²) in [6, 6.07) is 17.2. The van der Waals surface area contributed by atoms with Crippen LogP contribution in [-0.2, 0) is 0 Å². The van der Waals surface area contributed by atoms with Crippen molar-refractivity contribution in [3.63, 3.8) is 0 Å². The number of carboxylic acid groups (broad SMARTS) is 1. The van der Waals surface area contributed by atoms with Crippen LogP contribution in [0.1, 0.15) is 17.2 Å². The minimum Gasteiger partial charge on any atom is -0.465 e. The fourth-order valence-corrected chi connectivity index (χ4v) is 2.17. The summed E-state index contributed by atoms with van der Waals surface area (Å²) < 4.78 is 0. The summed E-state index contributed by atoms with van der Waals surface area (Å²) in [6.45, 7) is 0. The monoisotopic (exact) mass is 298 g/mol. The molecule has 0 spiro atoms. The topological polar surface area (TPSA) is 81.6 Å². The normalized spacial score (nSPS) is 15.0. The second-order valence-electron chi connectivity index (χ2n) is 4.66. The predicted octanol–water partition coefficient (Wildman–Crippen LogP) is 3.07. The van der Waals surface area contributed by atoms with E-state index in [4.69, 9.17) is 5.11 Å². The molecule has 1 aliphatic carbocycles. The van der Waals surface area contributed by atoms with Crippen LogP contribution >= 0.6 is 0 Å². The number of aliphatic hydroxyl groups excluding tert-OH is 1. The zero-order valence-electron chi connectivity index (χ0n) is 12.2. The van der Waals surface area contributed by atoms with Crippen molar-refractivity contribution in [2.45, 2.75) is 6.10 Å². The van der Waals surface area contributed by atoms with Gasteiger partial charge in [0.15, 0.2) is 0 Å². The fourth-order valence-electron chi connectivity index (χ4n) is 2.17. The Morgan fingerprint density at radius 3 is 2.27 bits per heavy atom. The van der Waals surface area contributed by atoms with Gasteiger partial charge in [-0.15, -0.1) is 0 Å². The predicted molar refractivity (Wildman–Crippen MR) is 86.5 cm³/mol. The molecule has 3 rings (SSSR count). The van der Waals surface area contributed by atoms with Crippen LogP contribution in [-0.4, -0.2) is 23.4 Å². The summed E-state index contributed by atoms with van der Waals surface area (Å²) in [5.41, 5.74) is 3.08. The first-order valence-electron chi connectivity index (χ1n) is 6.83. The lowest BCUT2D eigenvalue weighted by Crippen LogP contribution is -2.18. The first-order valence-corrected chi connectivity index (χ1v) is 6.83. The van der Waals surface area contributed by atoms with Gasteiger partial charge in [-0.05, 0) is 23.8 Å². The fraction of sp³-hybridized carbons (Fsp3) is 0.118. The molecule has 0 aliphatic heterocycles. The van der Waals surface area contributed by atoms with Gasteiger partial charge in [-0.25, -0.2) is 4.79 Å². The maximum absolute atomic E-state index is 10.4. The van der Waals surface area contributed by atoms with Crippen molar-refractivity contribution < 1.29 is 15.0 Å². The molecule has 1 unspecified atom stereocenters. The van der Waals surface area contributed by atoms with Crippen LogP contribution in [0.3, 0.4) is 0 Å². The number of aliphatic hydroxyl groups is 1. The molecule has 0 aromatic heterocycles. The molecular weight excluding hydrogens is 280 g/mol. The second kappa shape index (κ2) is 7.28. The minimum atomic E-state index is -1.12. The van der Waals surface area contributed by atoms with Crippen molar-refractivity contribution in [3.05, 3.63) is 71.8 Å². The van der Waals surface area contributed by atoms with Crippen molar-refractivity contribution in [3.8, 4) is 0 Å². The molecule has 4 N–H and O–H groups in total. The van der Waals surface area contributed by atoms with E-state index in [0.29, 0.717) is 5.70 Å². The summed E-state index contributed by atoms with van der Waals surface area (Å²) in [5, 5.41) is 23.4. The summed E-state index contributed by atoms with van der Waals surface area (Å²) in [7, 11) is 1.91. The lowest BCUT2D eigenvalue weighted by atomic mass is 10.1. The Morgan fingerprint density at radius 2 is 1.68 bits per heavy atom. The maximum Gasteiger partial charge on any atom is 0.409 e. The second-order valence-corrected chi connectivity index (χ2v) is 4.66. The molecule has 1 aliphatic rings. The van der Waals surface area contributed by atoms with E-state index in [1.54, 1.807) is 24.3 Å². The van der Waals surface area contributed by atoms with Crippen LogP contribution in [0.5, 0.6) is 0 Å². The Morgan fingerprint density at radius 1 is 1.05 bits per heavy atom. The third-order valence-electron chi connectivity index (χ3n) is 3.20. The number of carbonyl (C=O) groups is 1. The van der Waals surface area contributed by atoms with E-state index in [-0.39, 0.29) is 0 Å². The first-order chi connectivity index (χ1) is 10.6. The highest BCUT2D eigenvalue weighted by atomic mass is 16.4. The van der Waals surface area contributed by atoms with Gasteiger partial charge >= 0.3 is 6.09 Å². The highest BCUT2D eigenvalue weighted by Crippen LogP contribution is 2.32. The summed E-state index contributed by atoms with van der Waals surface area (Å²) in [4.78, 5) is 10.4. The van der Waals surface area contributed by atoms with Gasteiger partial charge in [-0.3, -0.25) is 5.32 Å². The Labute approximate surface area is 128 Å². The summed E-state index contributed by atoms with van der Waals surface area (Å²) in [5.74, 6) is 0. The van der Waals surface area contributed by atoms with Gasteiger partial charge in [0.25, 0.3) is 0 Å². The number of rotatable bonds is 2. The molecule has 0 bridgehead atoms. The number of nitrogens with one attached hydrogen (secondary N) is 2. The van der Waals surface area contributed by atoms with Crippen molar-refractivity contribution >= 4 is 17.5 Å². The molecule has 5 heteroatoms. The molecule has 0 heterocycles. The number of amides is 1. The minimum absolute atomic E-state index is 0.445. The number of hydrogen-bond donors (Lipinski definition) is 4. The van der Waals surface area contributed by atoms with Gasteiger partial charge in [0, 0.05) is 18.3 Å². The van der Waals surface area contributed by atoms with Gasteiger partial charge in [-0.1, -0.05) is 42.5 Å². The molecule has 0 fully saturated rings. The Kier molecular flexibility index (Phi) is 5.16. The summed E-state index contributed by atoms with van der Waals surface area (Å²) in [6.07, 6.45) is -0.355. The molecule has 114 valence electrons. The van der Waals surface area contributed by atoms with E-state index in [2.05, 4.69) is 10.6 Å². The number of fused-ring (bicyclic) bond motifs is 1.